The lowest BCUT2D eigenvalue weighted by atomic mass is 10.2. The second-order valence-corrected chi connectivity index (χ2v) is 6.52. The van der Waals surface area contributed by atoms with Gasteiger partial charge < -0.3 is 19.6 Å². The molecule has 108 valence electrons. The Labute approximate surface area is 106 Å². The monoisotopic (exact) mass is 285 g/mol. The van der Waals surface area contributed by atoms with Crippen LogP contribution < -0.4 is 5.09 Å². The molecule has 0 aromatic heterocycles. The van der Waals surface area contributed by atoms with Gasteiger partial charge in [0.1, 0.15) is 12.6 Å². The number of likely N-dealkylation sites (N-methyl/N-ethyl adjacent to an activating group) is 1. The number of carbonyl (C=O) groups is 1. The summed E-state index contributed by atoms with van der Waals surface area (Å²) in [4.78, 5) is 20.1. The number of hydrogen-bond donors (Lipinski definition) is 4. The number of aliphatic carboxylic acids is 1. The van der Waals surface area contributed by atoms with Crippen LogP contribution >= 0.6 is 7.75 Å². The van der Waals surface area contributed by atoms with E-state index in [9.17, 15) is 14.3 Å². The van der Waals surface area contributed by atoms with Crippen molar-refractivity contribution in [3.05, 3.63) is 0 Å². The number of rotatable bonds is 9. The molecule has 0 heterocycles. The maximum atomic E-state index is 11.6. The first-order chi connectivity index (χ1) is 8.06. The third-order valence-corrected chi connectivity index (χ3v) is 3.08. The van der Waals surface area contributed by atoms with Gasteiger partial charge in [-0.1, -0.05) is 0 Å². The molecule has 0 bridgehead atoms. The second kappa shape index (κ2) is 7.18. The van der Waals surface area contributed by atoms with E-state index in [4.69, 9.17) is 14.7 Å². The first kappa shape index (κ1) is 17.5. The van der Waals surface area contributed by atoms with Crippen molar-refractivity contribution in [2.24, 2.45) is 0 Å². The van der Waals surface area contributed by atoms with Crippen LogP contribution in [0.1, 0.15) is 6.42 Å². The number of aliphatic hydroxyl groups is 1. The molecule has 0 aromatic rings. The van der Waals surface area contributed by atoms with Crippen LogP contribution in [0, 0.1) is 0 Å². The predicted molar refractivity (Wildman–Crippen MR) is 64.9 cm³/mol. The largest absolute Gasteiger partial charge is 0.481 e. The summed E-state index contributed by atoms with van der Waals surface area (Å²) in [6.45, 7) is -0.136. The Morgan fingerprint density at radius 1 is 1.44 bits per heavy atom. The van der Waals surface area contributed by atoms with E-state index in [0.29, 0.717) is 4.48 Å². The zero-order valence-corrected chi connectivity index (χ0v) is 11.8. The molecule has 9 heteroatoms. The lowest BCUT2D eigenvalue weighted by molar-refractivity contribution is -0.873. The van der Waals surface area contributed by atoms with Crippen molar-refractivity contribution in [2.75, 3.05) is 40.8 Å². The molecule has 0 radical (unpaired) electrons. The van der Waals surface area contributed by atoms with E-state index in [0.717, 1.165) is 0 Å². The van der Waals surface area contributed by atoms with Gasteiger partial charge in [-0.15, -0.1) is 0 Å². The fourth-order valence-electron chi connectivity index (χ4n) is 1.37. The summed E-state index contributed by atoms with van der Waals surface area (Å²) in [5.74, 6) is -1.10. The molecule has 0 spiro atoms. The zero-order chi connectivity index (χ0) is 14.4. The van der Waals surface area contributed by atoms with Crippen molar-refractivity contribution in [1.29, 1.82) is 0 Å². The number of aliphatic hydroxyl groups excluding tert-OH is 1. The molecule has 0 saturated carbocycles. The molecule has 0 fully saturated rings. The van der Waals surface area contributed by atoms with Gasteiger partial charge in [0, 0.05) is 6.54 Å². The molecule has 0 saturated heterocycles. The van der Waals surface area contributed by atoms with Crippen molar-refractivity contribution in [3.8, 4) is 0 Å². The molecule has 2 unspecified atom stereocenters. The lowest BCUT2D eigenvalue weighted by Gasteiger charge is -2.29. The van der Waals surface area contributed by atoms with Crippen molar-refractivity contribution in [2.45, 2.75) is 12.5 Å². The van der Waals surface area contributed by atoms with E-state index >= 15 is 0 Å². The minimum atomic E-state index is -4.09. The lowest BCUT2D eigenvalue weighted by Crippen LogP contribution is -2.43. The standard InChI is InChI=1S/C9H21N2O6P/c1-11(2,3)7-8(6-9(13)14)17-18(15,16)10-4-5-12/h8,12H,4-7H2,1-3H3,(H2-,10,13,14,15,16)/p+1. The van der Waals surface area contributed by atoms with Gasteiger partial charge in [0.15, 0.2) is 0 Å². The van der Waals surface area contributed by atoms with Crippen molar-refractivity contribution >= 4 is 13.7 Å². The quantitative estimate of drug-likeness (QED) is 0.325. The summed E-state index contributed by atoms with van der Waals surface area (Å²) in [5.41, 5.74) is 0. The molecule has 0 aliphatic rings. The van der Waals surface area contributed by atoms with Crippen LogP contribution in [-0.4, -0.2) is 72.5 Å². The highest BCUT2D eigenvalue weighted by Gasteiger charge is 2.30. The third kappa shape index (κ3) is 9.52. The number of carboxylic acid groups (broad SMARTS) is 1. The Bertz CT molecular complexity index is 317. The van der Waals surface area contributed by atoms with Crippen LogP contribution in [0.5, 0.6) is 0 Å². The number of quaternary nitrogens is 1. The van der Waals surface area contributed by atoms with Gasteiger partial charge in [0.25, 0.3) is 0 Å². The maximum absolute atomic E-state index is 11.6. The van der Waals surface area contributed by atoms with E-state index in [-0.39, 0.29) is 26.1 Å². The molecule has 18 heavy (non-hydrogen) atoms. The van der Waals surface area contributed by atoms with Gasteiger partial charge in [-0.05, 0) is 0 Å². The van der Waals surface area contributed by atoms with Crippen LogP contribution in [0.15, 0.2) is 0 Å². The van der Waals surface area contributed by atoms with E-state index in [1.165, 1.54) is 0 Å². The average Bonchev–Trinajstić information content (AvgIpc) is 2.09. The highest BCUT2D eigenvalue weighted by Crippen LogP contribution is 2.38. The summed E-state index contributed by atoms with van der Waals surface area (Å²) >= 11 is 0. The summed E-state index contributed by atoms with van der Waals surface area (Å²) in [5, 5.41) is 19.4. The summed E-state index contributed by atoms with van der Waals surface area (Å²) in [7, 11) is 1.37. The Morgan fingerprint density at radius 2 is 2.00 bits per heavy atom. The minimum Gasteiger partial charge on any atom is -0.481 e. The summed E-state index contributed by atoms with van der Waals surface area (Å²) < 4.78 is 16.9. The van der Waals surface area contributed by atoms with E-state index in [1.54, 1.807) is 0 Å². The first-order valence-electron chi connectivity index (χ1n) is 5.45. The van der Waals surface area contributed by atoms with Gasteiger partial charge in [0.2, 0.25) is 0 Å². The molecule has 0 aliphatic heterocycles. The van der Waals surface area contributed by atoms with Gasteiger partial charge in [0.05, 0.1) is 34.2 Å². The van der Waals surface area contributed by atoms with Crippen LogP contribution in [0.25, 0.3) is 0 Å². The van der Waals surface area contributed by atoms with Crippen LogP contribution in [0.4, 0.5) is 0 Å². The molecule has 2 atom stereocenters. The summed E-state index contributed by atoms with van der Waals surface area (Å²) in [6, 6.07) is 0. The smallest absolute Gasteiger partial charge is 0.403 e. The van der Waals surface area contributed by atoms with Crippen LogP contribution in [0.2, 0.25) is 0 Å². The fourth-order valence-corrected chi connectivity index (χ4v) is 2.37. The van der Waals surface area contributed by atoms with Gasteiger partial charge in [-0.3, -0.25) is 9.32 Å². The number of hydrogen-bond acceptors (Lipinski definition) is 4. The third-order valence-electron chi connectivity index (χ3n) is 1.87. The van der Waals surface area contributed by atoms with Gasteiger partial charge >= 0.3 is 13.7 Å². The highest BCUT2D eigenvalue weighted by molar-refractivity contribution is 7.50. The molecule has 8 nitrogen and oxygen atoms in total. The predicted octanol–water partition coefficient (Wildman–Crippen LogP) is -0.765. The molecule has 4 N–H and O–H groups in total. The van der Waals surface area contributed by atoms with E-state index in [1.807, 2.05) is 21.1 Å². The Balaban J connectivity index is 4.57. The molecular weight excluding hydrogens is 263 g/mol. The normalized spacial score (nSPS) is 17.2. The van der Waals surface area contributed by atoms with E-state index < -0.39 is 19.8 Å². The molecule has 0 amide bonds. The number of nitrogens with one attached hydrogen (secondary N) is 1. The number of carboxylic acids is 1. The Kier molecular flexibility index (Phi) is 6.98. The minimum absolute atomic E-state index is 0.0993. The second-order valence-electron chi connectivity index (χ2n) is 4.95. The molecule has 0 rings (SSSR count). The van der Waals surface area contributed by atoms with Crippen LogP contribution in [0.3, 0.4) is 0 Å². The molecular formula is C9H22N2O6P+. The Morgan fingerprint density at radius 3 is 2.39 bits per heavy atom. The van der Waals surface area contributed by atoms with Gasteiger partial charge in [-0.25, -0.2) is 9.65 Å². The Hall–Kier alpha value is -0.500. The number of nitrogens with zero attached hydrogens (tertiary/aromatic N) is 1. The van der Waals surface area contributed by atoms with Crippen LogP contribution in [-0.2, 0) is 13.9 Å². The van der Waals surface area contributed by atoms with Gasteiger partial charge in [-0.2, -0.15) is 0 Å². The van der Waals surface area contributed by atoms with Crippen molar-refractivity contribution in [3.63, 3.8) is 0 Å². The molecule has 0 aliphatic carbocycles. The maximum Gasteiger partial charge on any atom is 0.403 e. The van der Waals surface area contributed by atoms with Crippen molar-refractivity contribution < 1.29 is 33.5 Å². The topological polar surface area (TPSA) is 116 Å². The average molecular weight is 285 g/mol. The highest BCUT2D eigenvalue weighted by atomic mass is 31.2. The molecule has 0 aromatic carbocycles. The first-order valence-corrected chi connectivity index (χ1v) is 7.03. The summed E-state index contributed by atoms with van der Waals surface area (Å²) in [6.07, 6.45) is -1.24. The SMILES string of the molecule is C[N+](C)(C)CC(CC(=O)O)OP(=O)(O)NCCO. The van der Waals surface area contributed by atoms with Crippen molar-refractivity contribution in [1.82, 2.24) is 5.09 Å². The fraction of sp³-hybridized carbons (Fsp3) is 0.889. The zero-order valence-electron chi connectivity index (χ0n) is 10.9. The van der Waals surface area contributed by atoms with E-state index in [2.05, 4.69) is 5.09 Å².